The molecular formula is C11H10BrClF2O. The fourth-order valence-electron chi connectivity index (χ4n) is 1.29. The fourth-order valence-corrected chi connectivity index (χ4v) is 1.71. The minimum Gasteiger partial charge on any atom is -0.293 e. The van der Waals surface area contributed by atoms with Gasteiger partial charge in [-0.15, -0.1) is 11.6 Å². The Labute approximate surface area is 106 Å². The van der Waals surface area contributed by atoms with E-state index in [4.69, 9.17) is 11.6 Å². The molecule has 0 spiro atoms. The van der Waals surface area contributed by atoms with Crippen molar-refractivity contribution in [3.63, 3.8) is 0 Å². The zero-order valence-electron chi connectivity index (χ0n) is 8.51. The summed E-state index contributed by atoms with van der Waals surface area (Å²) in [5.41, 5.74) is 0.614. The molecule has 88 valence electrons. The van der Waals surface area contributed by atoms with E-state index in [1.165, 1.54) is 12.1 Å². The number of rotatable bonds is 4. The Morgan fingerprint density at radius 1 is 1.44 bits per heavy atom. The number of hydrogen-bond donors (Lipinski definition) is 0. The van der Waals surface area contributed by atoms with E-state index in [9.17, 15) is 13.6 Å². The minimum absolute atomic E-state index is 0.109. The molecule has 0 saturated carbocycles. The van der Waals surface area contributed by atoms with E-state index in [2.05, 4.69) is 15.9 Å². The van der Waals surface area contributed by atoms with Crippen LogP contribution in [0.2, 0.25) is 0 Å². The Morgan fingerprint density at radius 2 is 2.06 bits per heavy atom. The van der Waals surface area contributed by atoms with Gasteiger partial charge < -0.3 is 0 Å². The lowest BCUT2D eigenvalue weighted by Gasteiger charge is -2.08. The van der Waals surface area contributed by atoms with Gasteiger partial charge in [0.2, 0.25) is 0 Å². The largest absolute Gasteiger partial charge is 0.293 e. The molecule has 1 aromatic carbocycles. The van der Waals surface area contributed by atoms with E-state index in [1.54, 1.807) is 13.0 Å². The molecule has 1 nitrogen and oxygen atoms in total. The topological polar surface area (TPSA) is 17.1 Å². The molecule has 0 bridgehead atoms. The second-order valence-corrected chi connectivity index (χ2v) is 5.02. The van der Waals surface area contributed by atoms with Gasteiger partial charge in [-0.1, -0.05) is 15.9 Å². The molecule has 5 heteroatoms. The van der Waals surface area contributed by atoms with E-state index < -0.39 is 11.3 Å². The van der Waals surface area contributed by atoms with E-state index in [1.807, 2.05) is 0 Å². The van der Waals surface area contributed by atoms with Crippen LogP contribution in [0.25, 0.3) is 0 Å². The molecule has 1 rings (SSSR count). The SMILES string of the molecule is CC(Br)C(=O)c1cc(CCl)cc(C(F)F)c1. The van der Waals surface area contributed by atoms with Crippen molar-refractivity contribution < 1.29 is 13.6 Å². The van der Waals surface area contributed by atoms with Gasteiger partial charge in [-0.25, -0.2) is 8.78 Å². The van der Waals surface area contributed by atoms with Crippen molar-refractivity contribution in [2.75, 3.05) is 0 Å². The number of halogens is 4. The van der Waals surface area contributed by atoms with Crippen LogP contribution in [0.15, 0.2) is 18.2 Å². The van der Waals surface area contributed by atoms with Gasteiger partial charge >= 0.3 is 0 Å². The summed E-state index contributed by atoms with van der Waals surface area (Å²) in [6.07, 6.45) is -2.60. The number of carbonyl (C=O) groups is 1. The second kappa shape index (κ2) is 5.73. The molecule has 0 aliphatic heterocycles. The van der Waals surface area contributed by atoms with Gasteiger partial charge in [0.1, 0.15) is 0 Å². The molecule has 1 atom stereocenters. The molecule has 0 radical (unpaired) electrons. The zero-order valence-corrected chi connectivity index (χ0v) is 10.9. The number of Topliss-reactive ketones (excluding diaryl/α,β-unsaturated/α-hetero) is 1. The smallest absolute Gasteiger partial charge is 0.263 e. The normalized spacial score (nSPS) is 12.9. The Hall–Kier alpha value is -0.480. The van der Waals surface area contributed by atoms with E-state index in [-0.39, 0.29) is 22.8 Å². The molecule has 0 saturated heterocycles. The van der Waals surface area contributed by atoms with Gasteiger partial charge in [0, 0.05) is 17.0 Å². The van der Waals surface area contributed by atoms with Crippen molar-refractivity contribution in [1.29, 1.82) is 0 Å². The van der Waals surface area contributed by atoms with Crippen LogP contribution in [0.3, 0.4) is 0 Å². The van der Waals surface area contributed by atoms with Crippen molar-refractivity contribution in [1.82, 2.24) is 0 Å². The summed E-state index contributed by atoms with van der Waals surface area (Å²) in [6.45, 7) is 1.65. The monoisotopic (exact) mass is 310 g/mol. The van der Waals surface area contributed by atoms with Crippen LogP contribution in [-0.4, -0.2) is 10.6 Å². The Balaban J connectivity index is 3.19. The maximum absolute atomic E-state index is 12.6. The summed E-state index contributed by atoms with van der Waals surface area (Å²) >= 11 is 8.71. The zero-order chi connectivity index (χ0) is 12.3. The standard InChI is InChI=1S/C11H10BrClF2O/c1-6(12)10(16)8-2-7(5-13)3-9(4-8)11(14)15/h2-4,6,11H,5H2,1H3. The summed E-state index contributed by atoms with van der Waals surface area (Å²) in [4.78, 5) is 11.3. The average molecular weight is 312 g/mol. The third-order valence-electron chi connectivity index (χ3n) is 2.07. The van der Waals surface area contributed by atoms with Crippen molar-refractivity contribution in [3.05, 3.63) is 34.9 Å². The molecule has 16 heavy (non-hydrogen) atoms. The molecule has 0 amide bonds. The first-order valence-corrected chi connectivity index (χ1v) is 6.07. The first-order chi connectivity index (χ1) is 7.45. The lowest BCUT2D eigenvalue weighted by molar-refractivity contribution is 0.0995. The summed E-state index contributed by atoms with van der Waals surface area (Å²) in [6, 6.07) is 4.06. The predicted molar refractivity (Wildman–Crippen MR) is 63.7 cm³/mol. The molecule has 0 aliphatic rings. The van der Waals surface area contributed by atoms with Gasteiger partial charge in [0.05, 0.1) is 4.83 Å². The highest BCUT2D eigenvalue weighted by molar-refractivity contribution is 9.10. The van der Waals surface area contributed by atoms with Gasteiger partial charge in [-0.05, 0) is 30.7 Å². The molecule has 0 aliphatic carbocycles. The maximum atomic E-state index is 12.6. The van der Waals surface area contributed by atoms with Gasteiger partial charge in [0.25, 0.3) is 6.43 Å². The molecule has 0 heterocycles. The summed E-state index contributed by atoms with van der Waals surface area (Å²) in [7, 11) is 0. The number of hydrogen-bond acceptors (Lipinski definition) is 1. The average Bonchev–Trinajstić information content (AvgIpc) is 2.27. The molecule has 0 fully saturated rings. The van der Waals surface area contributed by atoms with Crippen LogP contribution < -0.4 is 0 Å². The Bertz CT molecular complexity index is 394. The van der Waals surface area contributed by atoms with Crippen LogP contribution >= 0.6 is 27.5 Å². The highest BCUT2D eigenvalue weighted by atomic mass is 79.9. The van der Waals surface area contributed by atoms with Crippen molar-refractivity contribution >= 4 is 33.3 Å². The van der Waals surface area contributed by atoms with Crippen LogP contribution in [0, 0.1) is 0 Å². The first-order valence-electron chi connectivity index (χ1n) is 4.62. The number of benzene rings is 1. The molecular weight excluding hydrogens is 301 g/mol. The highest BCUT2D eigenvalue weighted by Gasteiger charge is 2.16. The van der Waals surface area contributed by atoms with E-state index >= 15 is 0 Å². The van der Waals surface area contributed by atoms with Crippen molar-refractivity contribution in [2.45, 2.75) is 24.1 Å². The first kappa shape index (κ1) is 13.6. The van der Waals surface area contributed by atoms with Crippen molar-refractivity contribution in [2.24, 2.45) is 0 Å². The third-order valence-corrected chi connectivity index (χ3v) is 2.79. The summed E-state index contributed by atoms with van der Waals surface area (Å²) in [5, 5.41) is 0. The minimum atomic E-state index is -2.60. The molecule has 1 unspecified atom stereocenters. The number of carbonyl (C=O) groups excluding carboxylic acids is 1. The quantitative estimate of drug-likeness (QED) is 0.597. The molecule has 0 aromatic heterocycles. The Kier molecular flexibility index (Phi) is 4.87. The second-order valence-electron chi connectivity index (χ2n) is 3.38. The highest BCUT2D eigenvalue weighted by Crippen LogP contribution is 2.24. The van der Waals surface area contributed by atoms with Crippen LogP contribution in [0.4, 0.5) is 8.78 Å². The fraction of sp³-hybridized carbons (Fsp3) is 0.364. The third kappa shape index (κ3) is 3.25. The number of alkyl halides is 4. The summed E-state index contributed by atoms with van der Waals surface area (Å²) < 4.78 is 25.1. The Morgan fingerprint density at radius 3 is 2.50 bits per heavy atom. The molecule has 1 aromatic rings. The van der Waals surface area contributed by atoms with E-state index in [0.717, 1.165) is 0 Å². The van der Waals surface area contributed by atoms with Crippen LogP contribution in [0.1, 0.15) is 34.8 Å². The van der Waals surface area contributed by atoms with E-state index in [0.29, 0.717) is 5.56 Å². The van der Waals surface area contributed by atoms with Gasteiger partial charge in [-0.2, -0.15) is 0 Å². The van der Waals surface area contributed by atoms with Crippen LogP contribution in [-0.2, 0) is 5.88 Å². The van der Waals surface area contributed by atoms with Crippen molar-refractivity contribution in [3.8, 4) is 0 Å². The lowest BCUT2D eigenvalue weighted by Crippen LogP contribution is -2.11. The molecule has 0 N–H and O–H groups in total. The predicted octanol–water partition coefficient (Wildman–Crippen LogP) is 4.33. The van der Waals surface area contributed by atoms with Gasteiger partial charge in [-0.3, -0.25) is 4.79 Å². The lowest BCUT2D eigenvalue weighted by atomic mass is 10.0. The number of ketones is 1. The maximum Gasteiger partial charge on any atom is 0.263 e. The van der Waals surface area contributed by atoms with Crippen LogP contribution in [0.5, 0.6) is 0 Å². The van der Waals surface area contributed by atoms with Gasteiger partial charge in [0.15, 0.2) is 5.78 Å². The summed E-state index contributed by atoms with van der Waals surface area (Å²) in [5.74, 6) is -0.119.